The van der Waals surface area contributed by atoms with E-state index in [0.717, 1.165) is 11.3 Å². The first-order valence-corrected chi connectivity index (χ1v) is 18.0. The van der Waals surface area contributed by atoms with Gasteiger partial charge in [-0.05, 0) is 151 Å². The summed E-state index contributed by atoms with van der Waals surface area (Å²) in [6, 6.07) is 51.8. The van der Waals surface area contributed by atoms with Gasteiger partial charge in [0.05, 0.1) is 0 Å². The van der Waals surface area contributed by atoms with Crippen molar-refractivity contribution in [2.24, 2.45) is 0 Å². The predicted octanol–water partition coefficient (Wildman–Crippen LogP) is 13.8. The lowest BCUT2D eigenvalue weighted by molar-refractivity contribution is 1.14. The van der Waals surface area contributed by atoms with E-state index < -0.39 is 0 Å². The Morgan fingerprint density at radius 3 is 1.64 bits per heavy atom. The Kier molecular flexibility index (Phi) is 7.30. The van der Waals surface area contributed by atoms with Gasteiger partial charge in [-0.2, -0.15) is 0 Å². The largest absolute Gasteiger partial charge is 0.143 e. The van der Waals surface area contributed by atoms with Crippen LogP contribution in [0.15, 0.2) is 144 Å². The fourth-order valence-electron chi connectivity index (χ4n) is 8.59. The van der Waals surface area contributed by atoms with Crippen LogP contribution in [0.25, 0.3) is 77.2 Å². The lowest BCUT2D eigenvalue weighted by atomic mass is 9.83. The van der Waals surface area contributed by atoms with Crippen molar-refractivity contribution in [2.45, 2.75) is 39.0 Å². The second kappa shape index (κ2) is 11.9. The number of rotatable bonds is 4. The quantitative estimate of drug-likeness (QED) is 0.141. The summed E-state index contributed by atoms with van der Waals surface area (Å²) in [7, 11) is 0. The number of fused-ring (bicyclic) bond motifs is 5. The molecule has 0 nitrogen and oxygen atoms in total. The first-order chi connectivity index (χ1) is 24.4. The highest BCUT2D eigenvalue weighted by Gasteiger charge is 2.26. The van der Waals surface area contributed by atoms with Gasteiger partial charge in [-0.1, -0.05) is 133 Å². The highest BCUT2D eigenvalue weighted by Crippen LogP contribution is 2.50. The third-order valence-electron chi connectivity index (χ3n) is 11.2. The minimum atomic E-state index is 0.934. The molecule has 50 heavy (non-hydrogen) atoms. The smallest absolute Gasteiger partial charge is 0.0108 e. The zero-order chi connectivity index (χ0) is 34.1. The standard InChI is InChI=1S/C49H38S/c1-29-30(2)45(32(4)49(50)31(29)3)37-24-25-39-38(28-37)27-36-18-13-23-44(46(36)39)48-42-21-10-8-19-40(42)47(41-20-9-11-22-43(41)48)35-17-12-16-34(26-35)33-14-6-5-7-15-33/h5-26,28,50H,27H2,1-4H3. The number of benzene rings is 8. The minimum Gasteiger partial charge on any atom is -0.143 e. The molecule has 1 aliphatic carbocycles. The fraction of sp³-hybridized carbons (Fsp3) is 0.102. The lowest BCUT2D eigenvalue weighted by Crippen LogP contribution is -1.98. The van der Waals surface area contributed by atoms with Gasteiger partial charge in [0, 0.05) is 4.90 Å². The van der Waals surface area contributed by atoms with Crippen LogP contribution in [-0.2, 0) is 6.42 Å². The topological polar surface area (TPSA) is 0 Å². The van der Waals surface area contributed by atoms with Crippen LogP contribution >= 0.6 is 12.6 Å². The van der Waals surface area contributed by atoms with Crippen molar-refractivity contribution in [3.05, 3.63) is 173 Å². The van der Waals surface area contributed by atoms with E-state index in [2.05, 4.69) is 167 Å². The monoisotopic (exact) mass is 658 g/mol. The predicted molar refractivity (Wildman–Crippen MR) is 218 cm³/mol. The Morgan fingerprint density at radius 1 is 0.360 bits per heavy atom. The van der Waals surface area contributed by atoms with Crippen LogP contribution in [0.3, 0.4) is 0 Å². The average Bonchev–Trinajstić information content (AvgIpc) is 3.54. The first kappa shape index (κ1) is 30.7. The molecule has 8 aromatic carbocycles. The molecule has 0 aliphatic heterocycles. The van der Waals surface area contributed by atoms with E-state index in [-0.39, 0.29) is 0 Å². The van der Waals surface area contributed by atoms with Crippen LogP contribution in [0.2, 0.25) is 0 Å². The molecule has 0 atom stereocenters. The molecule has 0 radical (unpaired) electrons. The van der Waals surface area contributed by atoms with Crippen LogP contribution in [0.1, 0.15) is 33.4 Å². The van der Waals surface area contributed by atoms with Crippen LogP contribution < -0.4 is 0 Å². The van der Waals surface area contributed by atoms with Gasteiger partial charge in [0.15, 0.2) is 0 Å². The molecule has 0 spiro atoms. The van der Waals surface area contributed by atoms with Crippen LogP contribution in [0.4, 0.5) is 0 Å². The zero-order valence-corrected chi connectivity index (χ0v) is 29.8. The molecule has 240 valence electrons. The average molecular weight is 659 g/mol. The molecule has 0 amide bonds. The molecule has 1 aliphatic rings. The molecule has 8 aromatic rings. The Hall–Kier alpha value is -5.37. The van der Waals surface area contributed by atoms with Crippen molar-refractivity contribution in [3.8, 4) is 55.6 Å². The van der Waals surface area contributed by atoms with Crippen molar-refractivity contribution in [1.29, 1.82) is 0 Å². The molecule has 0 N–H and O–H groups in total. The van der Waals surface area contributed by atoms with Gasteiger partial charge >= 0.3 is 0 Å². The van der Waals surface area contributed by atoms with E-state index in [1.54, 1.807) is 0 Å². The van der Waals surface area contributed by atoms with Crippen LogP contribution in [0.5, 0.6) is 0 Å². The third-order valence-corrected chi connectivity index (χ3v) is 11.9. The van der Waals surface area contributed by atoms with Crippen molar-refractivity contribution >= 4 is 34.2 Å². The molecule has 9 rings (SSSR count). The van der Waals surface area contributed by atoms with Gasteiger partial charge in [-0.15, -0.1) is 12.6 Å². The van der Waals surface area contributed by atoms with Crippen molar-refractivity contribution in [3.63, 3.8) is 0 Å². The summed E-state index contributed by atoms with van der Waals surface area (Å²) in [5, 5.41) is 5.13. The van der Waals surface area contributed by atoms with E-state index in [4.69, 9.17) is 12.6 Å². The van der Waals surface area contributed by atoms with Crippen LogP contribution in [-0.4, -0.2) is 0 Å². The second-order valence-corrected chi connectivity index (χ2v) is 14.3. The fourth-order valence-corrected chi connectivity index (χ4v) is 8.87. The summed E-state index contributed by atoms with van der Waals surface area (Å²) in [5.74, 6) is 0. The second-order valence-electron chi connectivity index (χ2n) is 13.9. The molecule has 1 heteroatoms. The van der Waals surface area contributed by atoms with Crippen molar-refractivity contribution in [2.75, 3.05) is 0 Å². The SMILES string of the molecule is Cc1c(C)c(S)c(C)c(-c2ccc3c(c2)Cc2cccc(-c4c5ccccc5c(-c5cccc(-c6ccccc6)c5)c5ccccc45)c2-3)c1C. The molecular weight excluding hydrogens is 621 g/mol. The summed E-state index contributed by atoms with van der Waals surface area (Å²) in [5.41, 5.74) is 20.9. The number of hydrogen-bond acceptors (Lipinski definition) is 1. The summed E-state index contributed by atoms with van der Waals surface area (Å²) in [6.07, 6.45) is 0.934. The molecule has 0 fully saturated rings. The van der Waals surface area contributed by atoms with Gasteiger partial charge < -0.3 is 0 Å². The van der Waals surface area contributed by atoms with Gasteiger partial charge in [-0.3, -0.25) is 0 Å². The molecule has 0 bridgehead atoms. The maximum absolute atomic E-state index is 4.93. The molecular formula is C49H38S. The van der Waals surface area contributed by atoms with E-state index in [9.17, 15) is 0 Å². The normalized spacial score (nSPS) is 12.0. The van der Waals surface area contributed by atoms with E-state index in [1.807, 2.05) is 0 Å². The number of hydrogen-bond donors (Lipinski definition) is 1. The highest BCUT2D eigenvalue weighted by atomic mass is 32.1. The van der Waals surface area contributed by atoms with Gasteiger partial charge in [0.2, 0.25) is 0 Å². The Bertz CT molecular complexity index is 2570. The Balaban J connectivity index is 1.26. The van der Waals surface area contributed by atoms with E-state index >= 15 is 0 Å². The molecule has 0 saturated carbocycles. The lowest BCUT2D eigenvalue weighted by Gasteiger charge is -2.20. The summed E-state index contributed by atoms with van der Waals surface area (Å²) in [4.78, 5) is 1.10. The minimum absolute atomic E-state index is 0.934. The zero-order valence-electron chi connectivity index (χ0n) is 28.9. The van der Waals surface area contributed by atoms with Crippen molar-refractivity contribution < 1.29 is 0 Å². The molecule has 0 heterocycles. The first-order valence-electron chi connectivity index (χ1n) is 17.5. The maximum atomic E-state index is 4.93. The van der Waals surface area contributed by atoms with Gasteiger partial charge in [0.25, 0.3) is 0 Å². The Morgan fingerprint density at radius 2 is 0.940 bits per heavy atom. The highest BCUT2D eigenvalue weighted by molar-refractivity contribution is 7.80. The van der Waals surface area contributed by atoms with Gasteiger partial charge in [-0.25, -0.2) is 0 Å². The molecule has 0 saturated heterocycles. The van der Waals surface area contributed by atoms with E-state index in [1.165, 1.54) is 111 Å². The molecule has 0 unspecified atom stereocenters. The summed E-state index contributed by atoms with van der Waals surface area (Å²) < 4.78 is 0. The Labute approximate surface area is 300 Å². The summed E-state index contributed by atoms with van der Waals surface area (Å²) in [6.45, 7) is 8.89. The van der Waals surface area contributed by atoms with Gasteiger partial charge in [0.1, 0.15) is 0 Å². The maximum Gasteiger partial charge on any atom is 0.0108 e. The van der Waals surface area contributed by atoms with Crippen LogP contribution in [0, 0.1) is 27.7 Å². The summed E-state index contributed by atoms with van der Waals surface area (Å²) >= 11 is 4.93. The molecule has 0 aromatic heterocycles. The van der Waals surface area contributed by atoms with Crippen molar-refractivity contribution in [1.82, 2.24) is 0 Å². The number of thiol groups is 1. The van der Waals surface area contributed by atoms with E-state index in [0.29, 0.717) is 0 Å². The third kappa shape index (κ3) is 4.68.